The number of carbonyl (C=O) groups is 1. The highest BCUT2D eigenvalue weighted by molar-refractivity contribution is 5.94. The molecule has 1 atom stereocenters. The smallest absolute Gasteiger partial charge is 0.345 e. The first-order valence-corrected chi connectivity index (χ1v) is 7.62. The molecule has 0 fully saturated rings. The third kappa shape index (κ3) is 3.06. The van der Waals surface area contributed by atoms with E-state index in [0.717, 1.165) is 12.1 Å². The van der Waals surface area contributed by atoms with Crippen molar-refractivity contribution in [3.05, 3.63) is 51.5 Å². The van der Waals surface area contributed by atoms with Crippen LogP contribution >= 0.6 is 0 Å². The minimum absolute atomic E-state index is 0.102. The van der Waals surface area contributed by atoms with Crippen LogP contribution in [0, 0.1) is 17.1 Å². The highest BCUT2D eigenvalue weighted by Gasteiger charge is 2.22. The van der Waals surface area contributed by atoms with Crippen molar-refractivity contribution in [3.8, 4) is 6.07 Å². The predicted molar refractivity (Wildman–Crippen MR) is 82.8 cm³/mol. The van der Waals surface area contributed by atoms with E-state index < -0.39 is 11.7 Å². The van der Waals surface area contributed by atoms with Gasteiger partial charge < -0.3 is 5.32 Å². The lowest BCUT2D eigenvalue weighted by Crippen LogP contribution is -2.35. The van der Waals surface area contributed by atoms with Gasteiger partial charge in [-0.05, 0) is 31.0 Å². The van der Waals surface area contributed by atoms with Crippen LogP contribution in [-0.4, -0.2) is 26.3 Å². The fourth-order valence-electron chi connectivity index (χ4n) is 2.90. The van der Waals surface area contributed by atoms with Gasteiger partial charge in [-0.3, -0.25) is 9.36 Å². The summed E-state index contributed by atoms with van der Waals surface area (Å²) in [5, 5.41) is 15.9. The van der Waals surface area contributed by atoms with Gasteiger partial charge in [0.2, 0.25) is 0 Å². The highest BCUT2D eigenvalue weighted by atomic mass is 19.1. The normalized spacial score (nSPS) is 16.8. The molecule has 0 saturated heterocycles. The van der Waals surface area contributed by atoms with Gasteiger partial charge in [-0.25, -0.2) is 13.9 Å². The zero-order valence-corrected chi connectivity index (χ0v) is 13.1. The molecule has 124 valence electrons. The van der Waals surface area contributed by atoms with Crippen molar-refractivity contribution < 1.29 is 9.18 Å². The van der Waals surface area contributed by atoms with Gasteiger partial charge in [0.25, 0.3) is 5.91 Å². The molecule has 24 heavy (non-hydrogen) atoms. The first-order chi connectivity index (χ1) is 11.5. The van der Waals surface area contributed by atoms with E-state index in [-0.39, 0.29) is 22.9 Å². The first-order valence-electron chi connectivity index (χ1n) is 7.62. The van der Waals surface area contributed by atoms with Crippen LogP contribution in [0.25, 0.3) is 0 Å². The molecule has 1 aromatic carbocycles. The summed E-state index contributed by atoms with van der Waals surface area (Å²) in [6, 6.07) is 5.23. The van der Waals surface area contributed by atoms with Crippen molar-refractivity contribution in [2.45, 2.75) is 31.8 Å². The van der Waals surface area contributed by atoms with Crippen molar-refractivity contribution in [3.63, 3.8) is 0 Å². The molecule has 1 aliphatic rings. The second-order valence-electron chi connectivity index (χ2n) is 5.81. The van der Waals surface area contributed by atoms with Crippen molar-refractivity contribution in [2.24, 2.45) is 7.05 Å². The van der Waals surface area contributed by atoms with E-state index in [0.29, 0.717) is 31.6 Å². The van der Waals surface area contributed by atoms with Crippen LogP contribution in [-0.2, 0) is 20.0 Å². The zero-order valence-electron chi connectivity index (χ0n) is 13.1. The quantitative estimate of drug-likeness (QED) is 0.879. The van der Waals surface area contributed by atoms with Crippen molar-refractivity contribution in [1.29, 1.82) is 5.26 Å². The fourth-order valence-corrected chi connectivity index (χ4v) is 2.90. The molecular formula is C16H16FN5O2. The molecule has 3 rings (SSSR count). The van der Waals surface area contributed by atoms with Gasteiger partial charge in [-0.15, -0.1) is 0 Å². The Hall–Kier alpha value is -2.95. The number of hydrogen-bond acceptors (Lipinski definition) is 4. The number of halogens is 1. The summed E-state index contributed by atoms with van der Waals surface area (Å²) in [5.74, 6) is -0.344. The van der Waals surface area contributed by atoms with Crippen molar-refractivity contribution in [2.75, 3.05) is 0 Å². The summed E-state index contributed by atoms with van der Waals surface area (Å²) >= 11 is 0. The SMILES string of the molecule is Cn1nc2n(c1=O)CCC(NC(=O)c1cc(F)cc(C#N)c1)CC2. The average molecular weight is 329 g/mol. The standard InChI is InChI=1S/C16H16FN5O2/c1-21-16(24)22-5-4-13(2-3-14(22)20-21)19-15(23)11-6-10(9-18)7-12(17)8-11/h6-8,13H,2-5H2,1H3,(H,19,23). The van der Waals surface area contributed by atoms with Crippen LogP contribution in [0.15, 0.2) is 23.0 Å². The topological polar surface area (TPSA) is 92.7 Å². The summed E-state index contributed by atoms with van der Waals surface area (Å²) in [6.45, 7) is 0.472. The van der Waals surface area contributed by atoms with E-state index in [1.165, 1.54) is 10.7 Å². The number of benzene rings is 1. The molecular weight excluding hydrogens is 313 g/mol. The Balaban J connectivity index is 1.71. The summed E-state index contributed by atoms with van der Waals surface area (Å²) in [6.07, 6.45) is 1.81. The van der Waals surface area contributed by atoms with Crippen LogP contribution in [0.3, 0.4) is 0 Å². The Bertz CT molecular complexity index is 893. The number of aromatic nitrogens is 3. The molecule has 0 radical (unpaired) electrons. The third-order valence-electron chi connectivity index (χ3n) is 4.13. The molecule has 1 unspecified atom stereocenters. The minimum Gasteiger partial charge on any atom is -0.349 e. The summed E-state index contributed by atoms with van der Waals surface area (Å²) in [5.41, 5.74) is 0.0508. The number of hydrogen-bond donors (Lipinski definition) is 1. The van der Waals surface area contributed by atoms with E-state index in [9.17, 15) is 14.0 Å². The molecule has 1 aliphatic heterocycles. The Morgan fingerprint density at radius 3 is 2.96 bits per heavy atom. The number of nitrogens with zero attached hydrogens (tertiary/aromatic N) is 4. The van der Waals surface area contributed by atoms with E-state index in [4.69, 9.17) is 5.26 Å². The van der Waals surface area contributed by atoms with Crippen molar-refractivity contribution >= 4 is 5.91 Å². The number of nitrogens with one attached hydrogen (secondary N) is 1. The second kappa shape index (κ2) is 6.28. The van der Waals surface area contributed by atoms with E-state index in [2.05, 4.69) is 10.4 Å². The van der Waals surface area contributed by atoms with Crippen molar-refractivity contribution in [1.82, 2.24) is 19.7 Å². The van der Waals surface area contributed by atoms with E-state index in [1.54, 1.807) is 11.6 Å². The van der Waals surface area contributed by atoms with Gasteiger partial charge in [-0.2, -0.15) is 10.4 Å². The number of fused-ring (bicyclic) bond motifs is 1. The van der Waals surface area contributed by atoms with Crippen LogP contribution in [0.4, 0.5) is 4.39 Å². The third-order valence-corrected chi connectivity index (χ3v) is 4.13. The Morgan fingerprint density at radius 1 is 1.42 bits per heavy atom. The predicted octanol–water partition coefficient (Wildman–Crippen LogP) is 0.727. The molecule has 2 aromatic rings. The molecule has 0 bridgehead atoms. The van der Waals surface area contributed by atoms with Crippen LogP contribution in [0.1, 0.15) is 34.6 Å². The molecule has 1 N–H and O–H groups in total. The zero-order chi connectivity index (χ0) is 17.3. The fraction of sp³-hybridized carbons (Fsp3) is 0.375. The molecule has 7 nitrogen and oxygen atoms in total. The van der Waals surface area contributed by atoms with Gasteiger partial charge in [0.1, 0.15) is 11.6 Å². The maximum absolute atomic E-state index is 13.5. The largest absolute Gasteiger partial charge is 0.349 e. The lowest BCUT2D eigenvalue weighted by atomic mass is 10.1. The maximum Gasteiger partial charge on any atom is 0.345 e. The van der Waals surface area contributed by atoms with Crippen LogP contribution in [0.5, 0.6) is 0 Å². The monoisotopic (exact) mass is 329 g/mol. The van der Waals surface area contributed by atoms with Gasteiger partial charge in [0, 0.05) is 31.6 Å². The maximum atomic E-state index is 13.5. The first kappa shape index (κ1) is 15.9. The summed E-state index contributed by atoms with van der Waals surface area (Å²) in [4.78, 5) is 24.2. The van der Waals surface area contributed by atoms with Crippen LogP contribution < -0.4 is 11.0 Å². The van der Waals surface area contributed by atoms with E-state index in [1.807, 2.05) is 6.07 Å². The van der Waals surface area contributed by atoms with Gasteiger partial charge in [-0.1, -0.05) is 0 Å². The summed E-state index contributed by atoms with van der Waals surface area (Å²) in [7, 11) is 1.61. The highest BCUT2D eigenvalue weighted by Crippen LogP contribution is 2.14. The Morgan fingerprint density at radius 2 is 2.21 bits per heavy atom. The van der Waals surface area contributed by atoms with Crippen LogP contribution in [0.2, 0.25) is 0 Å². The molecule has 1 aromatic heterocycles. The number of aryl methyl sites for hydroxylation is 2. The molecule has 1 amide bonds. The molecule has 0 saturated carbocycles. The number of nitriles is 1. The lowest BCUT2D eigenvalue weighted by Gasteiger charge is -2.16. The molecule has 0 spiro atoms. The van der Waals surface area contributed by atoms with E-state index >= 15 is 0 Å². The number of rotatable bonds is 2. The Labute approximate surface area is 137 Å². The van der Waals surface area contributed by atoms with Gasteiger partial charge >= 0.3 is 5.69 Å². The lowest BCUT2D eigenvalue weighted by molar-refractivity contribution is 0.0932. The average Bonchev–Trinajstić information content (AvgIpc) is 2.72. The van der Waals surface area contributed by atoms with Gasteiger partial charge in [0.15, 0.2) is 0 Å². The summed E-state index contributed by atoms with van der Waals surface area (Å²) < 4.78 is 16.4. The minimum atomic E-state index is -0.622. The molecule has 2 heterocycles. The number of carbonyl (C=O) groups excluding carboxylic acids is 1. The Kier molecular flexibility index (Phi) is 4.16. The van der Waals surface area contributed by atoms with Gasteiger partial charge in [0.05, 0.1) is 11.6 Å². The molecule has 8 heteroatoms. The second-order valence-corrected chi connectivity index (χ2v) is 5.81. The number of amides is 1. The molecule has 0 aliphatic carbocycles.